The SMILES string of the molecule is Cc1ccc(NC(=O)C[C@H](NC(N)=O)c2ccc(Cl)cc2)c(Cl)c1. The molecule has 0 aliphatic heterocycles. The Morgan fingerprint density at radius 3 is 2.38 bits per heavy atom. The molecule has 126 valence electrons. The molecule has 1 atom stereocenters. The summed E-state index contributed by atoms with van der Waals surface area (Å²) in [5.74, 6) is -0.297. The van der Waals surface area contributed by atoms with Crippen LogP contribution in [0.2, 0.25) is 10.0 Å². The molecule has 2 aromatic carbocycles. The van der Waals surface area contributed by atoms with E-state index in [2.05, 4.69) is 10.6 Å². The molecule has 2 rings (SSSR count). The van der Waals surface area contributed by atoms with Gasteiger partial charge in [0.2, 0.25) is 5.91 Å². The van der Waals surface area contributed by atoms with Crippen LogP contribution in [0.1, 0.15) is 23.6 Å². The fourth-order valence-corrected chi connectivity index (χ4v) is 2.64. The molecule has 7 heteroatoms. The molecule has 2 aromatic rings. The third-order valence-corrected chi connectivity index (χ3v) is 3.94. The Kier molecular flexibility index (Phi) is 6.06. The van der Waals surface area contributed by atoms with E-state index < -0.39 is 12.1 Å². The van der Waals surface area contributed by atoms with Gasteiger partial charge in [0.15, 0.2) is 0 Å². The third kappa shape index (κ3) is 5.15. The van der Waals surface area contributed by atoms with Crippen LogP contribution in [0.25, 0.3) is 0 Å². The smallest absolute Gasteiger partial charge is 0.312 e. The van der Waals surface area contributed by atoms with Gasteiger partial charge in [-0.05, 0) is 42.3 Å². The number of hydrogen-bond acceptors (Lipinski definition) is 2. The largest absolute Gasteiger partial charge is 0.352 e. The zero-order chi connectivity index (χ0) is 17.7. The van der Waals surface area contributed by atoms with Crippen molar-refractivity contribution in [3.8, 4) is 0 Å². The van der Waals surface area contributed by atoms with E-state index in [9.17, 15) is 9.59 Å². The van der Waals surface area contributed by atoms with E-state index in [1.165, 1.54) is 0 Å². The molecule has 5 nitrogen and oxygen atoms in total. The van der Waals surface area contributed by atoms with Gasteiger partial charge >= 0.3 is 6.03 Å². The average Bonchev–Trinajstić information content (AvgIpc) is 2.50. The first-order chi connectivity index (χ1) is 11.3. The second-order valence-electron chi connectivity index (χ2n) is 5.35. The van der Waals surface area contributed by atoms with E-state index in [0.29, 0.717) is 15.7 Å². The molecule has 24 heavy (non-hydrogen) atoms. The van der Waals surface area contributed by atoms with Crippen LogP contribution in [0.5, 0.6) is 0 Å². The number of nitrogens with one attached hydrogen (secondary N) is 2. The van der Waals surface area contributed by atoms with Gasteiger partial charge in [-0.25, -0.2) is 4.79 Å². The zero-order valence-corrected chi connectivity index (χ0v) is 14.5. The number of carbonyl (C=O) groups excluding carboxylic acids is 2. The Balaban J connectivity index is 2.12. The fourth-order valence-electron chi connectivity index (χ4n) is 2.23. The summed E-state index contributed by atoms with van der Waals surface area (Å²) in [6.45, 7) is 1.91. The summed E-state index contributed by atoms with van der Waals surface area (Å²) in [5.41, 5.74) is 7.43. The summed E-state index contributed by atoms with van der Waals surface area (Å²) >= 11 is 12.0. The molecule has 0 radical (unpaired) electrons. The molecule has 3 amide bonds. The van der Waals surface area contributed by atoms with Crippen molar-refractivity contribution in [2.75, 3.05) is 5.32 Å². The van der Waals surface area contributed by atoms with Crippen molar-refractivity contribution in [3.63, 3.8) is 0 Å². The van der Waals surface area contributed by atoms with Crippen LogP contribution >= 0.6 is 23.2 Å². The molecule has 0 spiro atoms. The van der Waals surface area contributed by atoms with Gasteiger partial charge in [0.05, 0.1) is 23.2 Å². The van der Waals surface area contributed by atoms with Crippen molar-refractivity contribution in [1.29, 1.82) is 0 Å². The minimum atomic E-state index is -0.712. The maximum Gasteiger partial charge on any atom is 0.312 e. The van der Waals surface area contributed by atoms with Crippen molar-refractivity contribution >= 4 is 40.8 Å². The van der Waals surface area contributed by atoms with Gasteiger partial charge in [0.1, 0.15) is 0 Å². The number of urea groups is 1. The van der Waals surface area contributed by atoms with E-state index in [1.54, 1.807) is 36.4 Å². The van der Waals surface area contributed by atoms with Crippen LogP contribution in [0.3, 0.4) is 0 Å². The standard InChI is InChI=1S/C17H17Cl2N3O2/c1-10-2-7-14(13(19)8-10)21-16(23)9-15(22-17(20)24)11-3-5-12(18)6-4-11/h2-8,15H,9H2,1H3,(H,21,23)(H3,20,22,24)/t15-/m0/s1. The molecule has 0 aliphatic rings. The highest BCUT2D eigenvalue weighted by Crippen LogP contribution is 2.24. The number of nitrogens with two attached hydrogens (primary N) is 1. The maximum absolute atomic E-state index is 12.3. The average molecular weight is 366 g/mol. The number of halogens is 2. The van der Waals surface area contributed by atoms with Crippen LogP contribution in [0.15, 0.2) is 42.5 Å². The van der Waals surface area contributed by atoms with E-state index in [4.69, 9.17) is 28.9 Å². The number of benzene rings is 2. The zero-order valence-electron chi connectivity index (χ0n) is 13.0. The van der Waals surface area contributed by atoms with Gasteiger partial charge in [-0.1, -0.05) is 41.4 Å². The van der Waals surface area contributed by atoms with Crippen LogP contribution in [-0.2, 0) is 4.79 Å². The first-order valence-electron chi connectivity index (χ1n) is 7.22. The summed E-state index contributed by atoms with van der Waals surface area (Å²) in [7, 11) is 0. The molecule has 4 N–H and O–H groups in total. The van der Waals surface area contributed by atoms with Gasteiger partial charge in [-0.3, -0.25) is 4.79 Å². The first-order valence-corrected chi connectivity index (χ1v) is 7.98. The number of amides is 3. The summed E-state index contributed by atoms with van der Waals surface area (Å²) < 4.78 is 0. The number of rotatable bonds is 5. The molecule has 0 unspecified atom stereocenters. The lowest BCUT2D eigenvalue weighted by molar-refractivity contribution is -0.116. The van der Waals surface area contributed by atoms with Crippen molar-refractivity contribution < 1.29 is 9.59 Å². The molecule has 0 aliphatic carbocycles. The highest BCUT2D eigenvalue weighted by atomic mass is 35.5. The lowest BCUT2D eigenvalue weighted by Gasteiger charge is -2.18. The highest BCUT2D eigenvalue weighted by Gasteiger charge is 2.18. The van der Waals surface area contributed by atoms with Crippen molar-refractivity contribution in [1.82, 2.24) is 5.32 Å². The van der Waals surface area contributed by atoms with Gasteiger partial charge in [0.25, 0.3) is 0 Å². The van der Waals surface area contributed by atoms with Crippen molar-refractivity contribution in [2.45, 2.75) is 19.4 Å². The van der Waals surface area contributed by atoms with Gasteiger partial charge in [0, 0.05) is 5.02 Å². The molecule has 0 bridgehead atoms. The van der Waals surface area contributed by atoms with Crippen LogP contribution in [0.4, 0.5) is 10.5 Å². The van der Waals surface area contributed by atoms with Gasteiger partial charge < -0.3 is 16.4 Å². The Bertz CT molecular complexity index is 748. The maximum atomic E-state index is 12.3. The number of anilines is 1. The van der Waals surface area contributed by atoms with Crippen LogP contribution in [0, 0.1) is 6.92 Å². The molecule has 0 aromatic heterocycles. The number of primary amides is 1. The second-order valence-corrected chi connectivity index (χ2v) is 6.19. The topological polar surface area (TPSA) is 84.2 Å². The normalized spacial score (nSPS) is 11.6. The number of carbonyl (C=O) groups is 2. The summed E-state index contributed by atoms with van der Waals surface area (Å²) in [6.07, 6.45) is 0.00871. The van der Waals surface area contributed by atoms with E-state index in [0.717, 1.165) is 11.1 Å². The summed E-state index contributed by atoms with van der Waals surface area (Å²) in [6, 6.07) is 10.9. The summed E-state index contributed by atoms with van der Waals surface area (Å²) in [4.78, 5) is 23.5. The summed E-state index contributed by atoms with van der Waals surface area (Å²) in [5, 5.41) is 6.31. The third-order valence-electron chi connectivity index (χ3n) is 3.38. The van der Waals surface area contributed by atoms with Gasteiger partial charge in [-0.2, -0.15) is 0 Å². The molecule has 0 saturated heterocycles. The van der Waals surface area contributed by atoms with Crippen LogP contribution in [-0.4, -0.2) is 11.9 Å². The van der Waals surface area contributed by atoms with Crippen LogP contribution < -0.4 is 16.4 Å². The lowest BCUT2D eigenvalue weighted by atomic mass is 10.0. The minimum absolute atomic E-state index is 0.00871. The molecular weight excluding hydrogens is 349 g/mol. The Morgan fingerprint density at radius 1 is 1.12 bits per heavy atom. The van der Waals surface area contributed by atoms with Crippen molar-refractivity contribution in [2.24, 2.45) is 5.73 Å². The predicted octanol–water partition coefficient (Wildman–Crippen LogP) is 4.04. The first kappa shape index (κ1) is 18.1. The number of hydrogen-bond donors (Lipinski definition) is 3. The molecular formula is C17H17Cl2N3O2. The Labute approximate surface area is 150 Å². The molecule has 0 heterocycles. The monoisotopic (exact) mass is 365 g/mol. The van der Waals surface area contributed by atoms with E-state index in [-0.39, 0.29) is 12.3 Å². The minimum Gasteiger partial charge on any atom is -0.352 e. The Hall–Kier alpha value is -2.24. The van der Waals surface area contributed by atoms with E-state index in [1.807, 2.05) is 13.0 Å². The molecule has 0 fully saturated rings. The van der Waals surface area contributed by atoms with Crippen molar-refractivity contribution in [3.05, 3.63) is 63.6 Å². The predicted molar refractivity (Wildman–Crippen MR) is 96.3 cm³/mol. The second kappa shape index (κ2) is 8.04. The number of aryl methyl sites for hydroxylation is 1. The highest BCUT2D eigenvalue weighted by molar-refractivity contribution is 6.33. The fraction of sp³-hybridized carbons (Fsp3) is 0.176. The Morgan fingerprint density at radius 2 is 1.79 bits per heavy atom. The lowest BCUT2D eigenvalue weighted by Crippen LogP contribution is -2.35. The van der Waals surface area contributed by atoms with E-state index >= 15 is 0 Å². The quantitative estimate of drug-likeness (QED) is 0.746. The van der Waals surface area contributed by atoms with Gasteiger partial charge in [-0.15, -0.1) is 0 Å². The molecule has 0 saturated carbocycles.